The number of thioether (sulfide) groups is 1. The van der Waals surface area contributed by atoms with Crippen molar-refractivity contribution >= 4 is 17.4 Å². The van der Waals surface area contributed by atoms with Gasteiger partial charge in [0.25, 0.3) is 0 Å². The SMILES string of the molecule is Cc1cc(C)cc(OCCSc2cccc(N)c2)c1. The molecular weight excluding hydrogens is 254 g/mol. The fourth-order valence-electron chi connectivity index (χ4n) is 1.94. The van der Waals surface area contributed by atoms with E-state index in [1.54, 1.807) is 11.8 Å². The Balaban J connectivity index is 1.80. The number of hydrogen-bond acceptors (Lipinski definition) is 3. The van der Waals surface area contributed by atoms with Crippen molar-refractivity contribution < 1.29 is 4.74 Å². The summed E-state index contributed by atoms with van der Waals surface area (Å²) in [6, 6.07) is 14.2. The average Bonchev–Trinajstić information content (AvgIpc) is 2.34. The molecule has 2 N–H and O–H groups in total. The number of ether oxygens (including phenoxy) is 1. The van der Waals surface area contributed by atoms with Crippen LogP contribution in [-0.2, 0) is 0 Å². The first-order valence-electron chi connectivity index (χ1n) is 6.33. The predicted octanol–water partition coefficient (Wildman–Crippen LogP) is 4.06. The third kappa shape index (κ3) is 4.52. The summed E-state index contributed by atoms with van der Waals surface area (Å²) in [5.74, 6) is 1.86. The van der Waals surface area contributed by atoms with Crippen molar-refractivity contribution in [1.82, 2.24) is 0 Å². The number of nitrogens with two attached hydrogens (primary N) is 1. The fourth-order valence-corrected chi connectivity index (χ4v) is 2.74. The standard InChI is InChI=1S/C16H19NOS/c1-12-8-13(2)10-15(9-12)18-6-7-19-16-5-3-4-14(17)11-16/h3-5,8-11H,6-7,17H2,1-2H3. The van der Waals surface area contributed by atoms with E-state index in [0.717, 1.165) is 17.2 Å². The van der Waals surface area contributed by atoms with Gasteiger partial charge in [-0.1, -0.05) is 12.1 Å². The van der Waals surface area contributed by atoms with Gasteiger partial charge in [-0.3, -0.25) is 0 Å². The minimum absolute atomic E-state index is 0.697. The van der Waals surface area contributed by atoms with E-state index in [-0.39, 0.29) is 0 Å². The molecule has 0 saturated carbocycles. The largest absolute Gasteiger partial charge is 0.493 e. The van der Waals surface area contributed by atoms with Crippen molar-refractivity contribution in [2.75, 3.05) is 18.1 Å². The van der Waals surface area contributed by atoms with Gasteiger partial charge in [0.1, 0.15) is 5.75 Å². The van der Waals surface area contributed by atoms with E-state index in [9.17, 15) is 0 Å². The zero-order chi connectivity index (χ0) is 13.7. The van der Waals surface area contributed by atoms with Gasteiger partial charge in [0.05, 0.1) is 6.61 Å². The molecular formula is C16H19NOS. The van der Waals surface area contributed by atoms with Gasteiger partial charge in [0.15, 0.2) is 0 Å². The summed E-state index contributed by atoms with van der Waals surface area (Å²) in [6.07, 6.45) is 0. The van der Waals surface area contributed by atoms with Gasteiger partial charge >= 0.3 is 0 Å². The molecule has 2 aromatic carbocycles. The minimum atomic E-state index is 0.697. The van der Waals surface area contributed by atoms with Crippen LogP contribution in [0.15, 0.2) is 47.4 Å². The lowest BCUT2D eigenvalue weighted by atomic mass is 10.1. The van der Waals surface area contributed by atoms with Crippen LogP contribution < -0.4 is 10.5 Å². The highest BCUT2D eigenvalue weighted by Crippen LogP contribution is 2.21. The molecule has 0 aliphatic rings. The summed E-state index contributed by atoms with van der Waals surface area (Å²) < 4.78 is 5.77. The lowest BCUT2D eigenvalue weighted by Gasteiger charge is -2.08. The molecule has 2 aromatic rings. The highest BCUT2D eigenvalue weighted by molar-refractivity contribution is 7.99. The smallest absolute Gasteiger partial charge is 0.119 e. The van der Waals surface area contributed by atoms with E-state index >= 15 is 0 Å². The van der Waals surface area contributed by atoms with Gasteiger partial charge < -0.3 is 10.5 Å². The number of nitrogen functional groups attached to an aromatic ring is 1. The third-order valence-corrected chi connectivity index (χ3v) is 3.63. The molecule has 0 aromatic heterocycles. The summed E-state index contributed by atoms with van der Waals surface area (Å²) in [6.45, 7) is 4.87. The van der Waals surface area contributed by atoms with Crippen LogP contribution >= 0.6 is 11.8 Å². The maximum atomic E-state index is 5.77. The first-order chi connectivity index (χ1) is 9.13. The topological polar surface area (TPSA) is 35.2 Å². The molecule has 3 heteroatoms. The number of anilines is 1. The van der Waals surface area contributed by atoms with E-state index in [1.165, 1.54) is 16.0 Å². The van der Waals surface area contributed by atoms with Crippen molar-refractivity contribution in [1.29, 1.82) is 0 Å². The Morgan fingerprint density at radius 2 is 1.79 bits per heavy atom. The third-order valence-electron chi connectivity index (χ3n) is 2.67. The molecule has 0 saturated heterocycles. The Bertz CT molecular complexity index is 534. The van der Waals surface area contributed by atoms with Crippen LogP contribution in [0.4, 0.5) is 5.69 Å². The zero-order valence-electron chi connectivity index (χ0n) is 11.3. The van der Waals surface area contributed by atoms with Crippen LogP contribution in [0.2, 0.25) is 0 Å². The van der Waals surface area contributed by atoms with Crippen LogP contribution in [0.3, 0.4) is 0 Å². The van der Waals surface area contributed by atoms with Crippen molar-refractivity contribution in [2.24, 2.45) is 0 Å². The van der Waals surface area contributed by atoms with Crippen molar-refractivity contribution in [2.45, 2.75) is 18.7 Å². The number of aryl methyl sites for hydroxylation is 2. The highest BCUT2D eigenvalue weighted by Gasteiger charge is 1.98. The number of hydrogen-bond donors (Lipinski definition) is 1. The average molecular weight is 273 g/mol. The lowest BCUT2D eigenvalue weighted by molar-refractivity contribution is 0.343. The first kappa shape index (κ1) is 13.8. The molecule has 0 bridgehead atoms. The van der Waals surface area contributed by atoms with Crippen molar-refractivity contribution in [3.63, 3.8) is 0 Å². The zero-order valence-corrected chi connectivity index (χ0v) is 12.2. The van der Waals surface area contributed by atoms with Gasteiger partial charge in [-0.05, 0) is 55.3 Å². The Labute approximate surface area is 119 Å². The molecule has 0 radical (unpaired) electrons. The number of benzene rings is 2. The van der Waals surface area contributed by atoms with Gasteiger partial charge in [-0.25, -0.2) is 0 Å². The summed E-state index contributed by atoms with van der Waals surface area (Å²) in [4.78, 5) is 1.18. The fraction of sp³-hybridized carbons (Fsp3) is 0.250. The van der Waals surface area contributed by atoms with Gasteiger partial charge in [-0.2, -0.15) is 0 Å². The molecule has 0 spiro atoms. The van der Waals surface area contributed by atoms with Gasteiger partial charge in [-0.15, -0.1) is 11.8 Å². The second-order valence-corrected chi connectivity index (χ2v) is 5.76. The normalized spacial score (nSPS) is 10.4. The summed E-state index contributed by atoms with van der Waals surface area (Å²) in [5, 5.41) is 0. The Hall–Kier alpha value is -1.61. The van der Waals surface area contributed by atoms with Crippen LogP contribution in [0.1, 0.15) is 11.1 Å². The lowest BCUT2D eigenvalue weighted by Crippen LogP contribution is -2.00. The summed E-state index contributed by atoms with van der Waals surface area (Å²) in [5.41, 5.74) is 9.02. The first-order valence-corrected chi connectivity index (χ1v) is 7.31. The molecule has 0 atom stereocenters. The van der Waals surface area contributed by atoms with E-state index in [4.69, 9.17) is 10.5 Å². The molecule has 0 fully saturated rings. The molecule has 0 aliphatic carbocycles. The minimum Gasteiger partial charge on any atom is -0.493 e. The quantitative estimate of drug-likeness (QED) is 0.507. The summed E-state index contributed by atoms with van der Waals surface area (Å²) in [7, 11) is 0. The van der Waals surface area contributed by atoms with Crippen LogP contribution in [0, 0.1) is 13.8 Å². The van der Waals surface area contributed by atoms with E-state index in [1.807, 2.05) is 18.2 Å². The van der Waals surface area contributed by atoms with E-state index < -0.39 is 0 Å². The second-order valence-electron chi connectivity index (χ2n) is 4.59. The highest BCUT2D eigenvalue weighted by atomic mass is 32.2. The summed E-state index contributed by atoms with van der Waals surface area (Å²) >= 11 is 1.76. The molecule has 0 aliphatic heterocycles. The maximum Gasteiger partial charge on any atom is 0.119 e. The Kier molecular flexibility index (Phi) is 4.74. The van der Waals surface area contributed by atoms with Crippen molar-refractivity contribution in [3.8, 4) is 5.75 Å². The molecule has 19 heavy (non-hydrogen) atoms. The second kappa shape index (κ2) is 6.53. The molecule has 0 heterocycles. The van der Waals surface area contributed by atoms with Gasteiger partial charge in [0, 0.05) is 16.3 Å². The number of rotatable bonds is 5. The predicted molar refractivity (Wildman–Crippen MR) is 83.0 cm³/mol. The molecule has 0 amide bonds. The van der Waals surface area contributed by atoms with E-state index in [0.29, 0.717) is 6.61 Å². The monoisotopic (exact) mass is 273 g/mol. The van der Waals surface area contributed by atoms with Crippen LogP contribution in [-0.4, -0.2) is 12.4 Å². The Morgan fingerprint density at radius 1 is 1.05 bits per heavy atom. The maximum absolute atomic E-state index is 5.77. The van der Waals surface area contributed by atoms with E-state index in [2.05, 4.69) is 38.1 Å². The molecule has 100 valence electrons. The molecule has 2 nitrogen and oxygen atoms in total. The van der Waals surface area contributed by atoms with Gasteiger partial charge in [0.2, 0.25) is 0 Å². The molecule has 0 unspecified atom stereocenters. The van der Waals surface area contributed by atoms with Crippen LogP contribution in [0.5, 0.6) is 5.75 Å². The Morgan fingerprint density at radius 3 is 2.47 bits per heavy atom. The van der Waals surface area contributed by atoms with Crippen molar-refractivity contribution in [3.05, 3.63) is 53.6 Å². The molecule has 2 rings (SSSR count). The van der Waals surface area contributed by atoms with Crippen LogP contribution in [0.25, 0.3) is 0 Å².